The van der Waals surface area contributed by atoms with Crippen molar-refractivity contribution >= 4 is 0 Å². The van der Waals surface area contributed by atoms with Gasteiger partial charge in [0.15, 0.2) is 0 Å². The number of hydrogen-bond acceptors (Lipinski definition) is 4. The Morgan fingerprint density at radius 3 is 2.56 bits per heavy atom. The second-order valence-electron chi connectivity index (χ2n) is 5.35. The van der Waals surface area contributed by atoms with Crippen molar-refractivity contribution < 1.29 is 5.11 Å². The van der Waals surface area contributed by atoms with E-state index in [9.17, 15) is 5.11 Å². The van der Waals surface area contributed by atoms with Crippen LogP contribution in [0.15, 0.2) is 0 Å². The van der Waals surface area contributed by atoms with Crippen LogP contribution in [0.25, 0.3) is 0 Å². The molecule has 104 valence electrons. The molecule has 1 aromatic rings. The van der Waals surface area contributed by atoms with Gasteiger partial charge in [-0.25, -0.2) is 9.67 Å². The lowest BCUT2D eigenvalue weighted by molar-refractivity contribution is 0.148. The topological polar surface area (TPSA) is 63.0 Å². The zero-order valence-electron chi connectivity index (χ0n) is 12.2. The Labute approximate surface area is 110 Å². The molecule has 0 aromatic carbocycles. The molecule has 0 saturated carbocycles. The molecule has 0 aliphatic rings. The molecule has 5 heteroatoms. The number of hydrogen-bond donors (Lipinski definition) is 2. The maximum absolute atomic E-state index is 9.57. The molecule has 0 amide bonds. The molecule has 0 bridgehead atoms. The van der Waals surface area contributed by atoms with Gasteiger partial charge in [0.25, 0.3) is 0 Å². The van der Waals surface area contributed by atoms with Crippen molar-refractivity contribution in [2.75, 3.05) is 13.2 Å². The first-order valence-corrected chi connectivity index (χ1v) is 6.67. The van der Waals surface area contributed by atoms with Crippen molar-refractivity contribution in [3.8, 4) is 0 Å². The number of aromatic nitrogens is 3. The quantitative estimate of drug-likeness (QED) is 0.776. The highest BCUT2D eigenvalue weighted by Gasteiger charge is 2.26. The summed E-state index contributed by atoms with van der Waals surface area (Å²) in [5.41, 5.74) is -0.262. The van der Waals surface area contributed by atoms with E-state index < -0.39 is 0 Å². The Balaban J connectivity index is 2.72. The average molecular weight is 254 g/mol. The molecule has 2 unspecified atom stereocenters. The van der Waals surface area contributed by atoms with E-state index in [0.29, 0.717) is 0 Å². The summed E-state index contributed by atoms with van der Waals surface area (Å²) in [4.78, 5) is 4.32. The number of nitrogens with one attached hydrogen (secondary N) is 1. The van der Waals surface area contributed by atoms with Crippen LogP contribution in [-0.4, -0.2) is 38.6 Å². The number of nitrogens with zero attached hydrogens (tertiary/aromatic N) is 3. The van der Waals surface area contributed by atoms with Gasteiger partial charge >= 0.3 is 0 Å². The van der Waals surface area contributed by atoms with Crippen LogP contribution in [0.5, 0.6) is 0 Å². The van der Waals surface area contributed by atoms with Crippen LogP contribution in [0.4, 0.5) is 0 Å². The monoisotopic (exact) mass is 254 g/mol. The molecule has 0 spiro atoms. The van der Waals surface area contributed by atoms with Crippen LogP contribution in [0.1, 0.15) is 51.3 Å². The van der Waals surface area contributed by atoms with Crippen LogP contribution in [0, 0.1) is 13.8 Å². The highest BCUT2D eigenvalue weighted by atomic mass is 16.3. The van der Waals surface area contributed by atoms with E-state index in [2.05, 4.69) is 36.2 Å². The van der Waals surface area contributed by atoms with E-state index in [1.165, 1.54) is 0 Å². The Kier molecular flexibility index (Phi) is 5.28. The third-order valence-corrected chi connectivity index (χ3v) is 3.22. The highest BCUT2D eigenvalue weighted by molar-refractivity contribution is 4.93. The molecule has 0 aliphatic carbocycles. The fourth-order valence-electron chi connectivity index (χ4n) is 2.31. The minimum Gasteiger partial charge on any atom is -0.394 e. The van der Waals surface area contributed by atoms with E-state index in [-0.39, 0.29) is 18.2 Å². The third kappa shape index (κ3) is 3.78. The molecule has 2 atom stereocenters. The van der Waals surface area contributed by atoms with Crippen LogP contribution in [-0.2, 0) is 0 Å². The van der Waals surface area contributed by atoms with Gasteiger partial charge < -0.3 is 10.4 Å². The predicted octanol–water partition coefficient (Wildman–Crippen LogP) is 1.60. The van der Waals surface area contributed by atoms with Crippen molar-refractivity contribution in [1.29, 1.82) is 0 Å². The zero-order valence-corrected chi connectivity index (χ0v) is 12.2. The molecule has 2 N–H and O–H groups in total. The summed E-state index contributed by atoms with van der Waals surface area (Å²) in [7, 11) is 0. The van der Waals surface area contributed by atoms with Gasteiger partial charge in [0.05, 0.1) is 12.6 Å². The molecule has 5 nitrogen and oxygen atoms in total. The SMILES string of the molecule is CCCNC(C)(CO)CC(C)n1nc(C)nc1C. The predicted molar refractivity (Wildman–Crippen MR) is 72.6 cm³/mol. The van der Waals surface area contributed by atoms with Gasteiger partial charge in [-0.15, -0.1) is 0 Å². The van der Waals surface area contributed by atoms with Crippen molar-refractivity contribution in [3.05, 3.63) is 11.6 Å². The average Bonchev–Trinajstić information content (AvgIpc) is 2.66. The zero-order chi connectivity index (χ0) is 13.8. The van der Waals surface area contributed by atoms with Crippen LogP contribution in [0.3, 0.4) is 0 Å². The van der Waals surface area contributed by atoms with Gasteiger partial charge in [-0.3, -0.25) is 0 Å². The molecule has 18 heavy (non-hydrogen) atoms. The van der Waals surface area contributed by atoms with Gasteiger partial charge in [-0.1, -0.05) is 6.92 Å². The lowest BCUT2D eigenvalue weighted by Crippen LogP contribution is -2.47. The maximum atomic E-state index is 9.57. The molecular formula is C13H26N4O. The minimum absolute atomic E-state index is 0.129. The number of rotatable bonds is 7. The number of aliphatic hydroxyl groups excluding tert-OH is 1. The Morgan fingerprint density at radius 2 is 2.11 bits per heavy atom. The lowest BCUT2D eigenvalue weighted by atomic mass is 9.94. The first kappa shape index (κ1) is 15.1. The molecule has 0 saturated heterocycles. The third-order valence-electron chi connectivity index (χ3n) is 3.22. The standard InChI is InChI=1S/C13H26N4O/c1-6-7-14-13(5,9-18)8-10(2)17-12(4)15-11(3)16-17/h10,14,18H,6-9H2,1-5H3. The van der Waals surface area contributed by atoms with Gasteiger partial charge in [-0.05, 0) is 47.1 Å². The molecule has 0 aliphatic heterocycles. The van der Waals surface area contributed by atoms with Crippen LogP contribution < -0.4 is 5.32 Å². The van der Waals surface area contributed by atoms with Gasteiger partial charge in [0.2, 0.25) is 0 Å². The summed E-state index contributed by atoms with van der Waals surface area (Å²) in [6, 6.07) is 0.215. The highest BCUT2D eigenvalue weighted by Crippen LogP contribution is 2.21. The van der Waals surface area contributed by atoms with Crippen molar-refractivity contribution in [2.45, 2.75) is 59.0 Å². The molecule has 0 fully saturated rings. The lowest BCUT2D eigenvalue weighted by Gasteiger charge is -2.31. The molecule has 0 radical (unpaired) electrons. The fraction of sp³-hybridized carbons (Fsp3) is 0.846. The first-order valence-electron chi connectivity index (χ1n) is 6.67. The summed E-state index contributed by atoms with van der Waals surface area (Å²) >= 11 is 0. The minimum atomic E-state index is -0.262. The Morgan fingerprint density at radius 1 is 1.44 bits per heavy atom. The summed E-state index contributed by atoms with van der Waals surface area (Å²) in [5, 5.41) is 17.4. The molecule has 1 heterocycles. The van der Waals surface area contributed by atoms with Gasteiger partial charge in [0, 0.05) is 5.54 Å². The van der Waals surface area contributed by atoms with Gasteiger partial charge in [-0.2, -0.15) is 5.10 Å². The normalized spacial score (nSPS) is 16.6. The number of aryl methyl sites for hydroxylation is 2. The second-order valence-corrected chi connectivity index (χ2v) is 5.35. The second kappa shape index (κ2) is 6.29. The summed E-state index contributed by atoms with van der Waals surface area (Å²) in [6.45, 7) is 11.2. The fourth-order valence-corrected chi connectivity index (χ4v) is 2.31. The molecular weight excluding hydrogens is 228 g/mol. The van der Waals surface area contributed by atoms with E-state index in [0.717, 1.165) is 31.0 Å². The van der Waals surface area contributed by atoms with E-state index in [1.807, 2.05) is 18.5 Å². The Hall–Kier alpha value is -0.940. The number of aliphatic hydroxyl groups is 1. The van der Waals surface area contributed by atoms with Crippen molar-refractivity contribution in [1.82, 2.24) is 20.1 Å². The first-order chi connectivity index (χ1) is 8.41. The maximum Gasteiger partial charge on any atom is 0.147 e. The van der Waals surface area contributed by atoms with E-state index in [4.69, 9.17) is 0 Å². The largest absolute Gasteiger partial charge is 0.394 e. The van der Waals surface area contributed by atoms with Gasteiger partial charge in [0.1, 0.15) is 11.6 Å². The van der Waals surface area contributed by atoms with Crippen molar-refractivity contribution in [3.63, 3.8) is 0 Å². The van der Waals surface area contributed by atoms with E-state index >= 15 is 0 Å². The van der Waals surface area contributed by atoms with Crippen molar-refractivity contribution in [2.24, 2.45) is 0 Å². The molecule has 1 rings (SSSR count). The molecule has 1 aromatic heterocycles. The summed E-state index contributed by atoms with van der Waals surface area (Å²) in [6.07, 6.45) is 1.89. The van der Waals surface area contributed by atoms with Crippen LogP contribution >= 0.6 is 0 Å². The smallest absolute Gasteiger partial charge is 0.147 e. The van der Waals surface area contributed by atoms with Crippen LogP contribution in [0.2, 0.25) is 0 Å². The summed E-state index contributed by atoms with van der Waals surface area (Å²) < 4.78 is 1.94. The Bertz CT molecular complexity index is 377. The van der Waals surface area contributed by atoms with E-state index in [1.54, 1.807) is 0 Å². The summed E-state index contributed by atoms with van der Waals surface area (Å²) in [5.74, 6) is 1.72.